The molecule has 37 heavy (non-hydrogen) atoms. The van der Waals surface area contributed by atoms with E-state index in [-0.39, 0.29) is 34.2 Å². The summed E-state index contributed by atoms with van der Waals surface area (Å²) in [6, 6.07) is 8.36. The summed E-state index contributed by atoms with van der Waals surface area (Å²) in [6.45, 7) is 1.22. The molecule has 0 saturated heterocycles. The quantitative estimate of drug-likeness (QED) is 0.362. The first-order valence-corrected chi connectivity index (χ1v) is 15.2. The van der Waals surface area contributed by atoms with E-state index in [0.717, 1.165) is 36.2 Å². The van der Waals surface area contributed by atoms with E-state index in [0.29, 0.717) is 22.0 Å². The van der Waals surface area contributed by atoms with Crippen LogP contribution in [-0.4, -0.2) is 50.0 Å². The molecule has 2 amide bonds. The summed E-state index contributed by atoms with van der Waals surface area (Å²) >= 11 is 24.6. The molecule has 0 radical (unpaired) electrons. The van der Waals surface area contributed by atoms with E-state index in [1.807, 2.05) is 0 Å². The van der Waals surface area contributed by atoms with Crippen LogP contribution in [0.3, 0.4) is 0 Å². The van der Waals surface area contributed by atoms with Crippen LogP contribution in [-0.2, 0) is 26.2 Å². The van der Waals surface area contributed by atoms with Crippen LogP contribution in [0.25, 0.3) is 0 Å². The zero-order valence-corrected chi connectivity index (χ0v) is 24.4. The van der Waals surface area contributed by atoms with Crippen LogP contribution in [0.15, 0.2) is 36.4 Å². The van der Waals surface area contributed by atoms with Gasteiger partial charge in [0.15, 0.2) is 0 Å². The topological polar surface area (TPSA) is 86.8 Å². The van der Waals surface area contributed by atoms with Crippen molar-refractivity contribution in [1.29, 1.82) is 0 Å². The first kappa shape index (κ1) is 29.8. The van der Waals surface area contributed by atoms with E-state index >= 15 is 0 Å². The third-order valence-corrected chi connectivity index (χ3v) is 8.42. The first-order valence-electron chi connectivity index (χ1n) is 11.9. The Morgan fingerprint density at radius 1 is 1.00 bits per heavy atom. The molecule has 0 spiro atoms. The van der Waals surface area contributed by atoms with Crippen molar-refractivity contribution in [3.63, 3.8) is 0 Å². The summed E-state index contributed by atoms with van der Waals surface area (Å²) in [6.07, 6.45) is 5.15. The SMILES string of the molecule is CC[C@@H](C(=O)NC1CCCC1)N(Cc1ccc(Cl)cc1Cl)C(=O)CN(c1cc(Cl)cc(Cl)c1)S(C)(=O)=O. The molecule has 0 aromatic heterocycles. The molecule has 0 aliphatic heterocycles. The molecule has 1 saturated carbocycles. The lowest BCUT2D eigenvalue weighted by Gasteiger charge is -2.33. The summed E-state index contributed by atoms with van der Waals surface area (Å²) in [7, 11) is -3.91. The lowest BCUT2D eigenvalue weighted by atomic mass is 10.1. The van der Waals surface area contributed by atoms with Crippen molar-refractivity contribution in [3.05, 3.63) is 62.1 Å². The lowest BCUT2D eigenvalue weighted by molar-refractivity contribution is -0.140. The Labute approximate surface area is 238 Å². The molecule has 0 heterocycles. The van der Waals surface area contributed by atoms with E-state index in [1.54, 1.807) is 25.1 Å². The number of halogens is 4. The van der Waals surface area contributed by atoms with Crippen molar-refractivity contribution in [2.24, 2.45) is 0 Å². The number of amides is 2. The lowest BCUT2D eigenvalue weighted by Crippen LogP contribution is -2.53. The molecule has 7 nitrogen and oxygen atoms in total. The van der Waals surface area contributed by atoms with Crippen LogP contribution < -0.4 is 9.62 Å². The van der Waals surface area contributed by atoms with Gasteiger partial charge in [-0.15, -0.1) is 0 Å². The number of nitrogens with one attached hydrogen (secondary N) is 1. The minimum absolute atomic E-state index is 0.0146. The van der Waals surface area contributed by atoms with E-state index in [4.69, 9.17) is 46.4 Å². The maximum absolute atomic E-state index is 13.8. The normalized spacial score (nSPS) is 14.9. The fourth-order valence-corrected chi connectivity index (χ4v) is 6.23. The van der Waals surface area contributed by atoms with Gasteiger partial charge < -0.3 is 10.2 Å². The maximum atomic E-state index is 13.8. The van der Waals surface area contributed by atoms with Crippen molar-refractivity contribution in [2.75, 3.05) is 17.1 Å². The summed E-state index contributed by atoms with van der Waals surface area (Å²) in [5.74, 6) is -0.870. The van der Waals surface area contributed by atoms with Gasteiger partial charge in [-0.05, 0) is 55.2 Å². The molecule has 2 aromatic rings. The minimum Gasteiger partial charge on any atom is -0.352 e. The standard InChI is InChI=1S/C25H29Cl4N3O4S/c1-3-23(25(34)30-20-6-4-5-7-20)31(14-16-8-9-17(26)13-22(16)29)24(33)15-32(37(2,35)36)21-11-18(27)10-19(28)12-21/h8-13,20,23H,3-7,14-15H2,1-2H3,(H,30,34)/t23-/m0/s1. The van der Waals surface area contributed by atoms with Crippen molar-refractivity contribution < 1.29 is 18.0 Å². The molecule has 1 atom stereocenters. The van der Waals surface area contributed by atoms with Crippen LogP contribution in [0, 0.1) is 0 Å². The minimum atomic E-state index is -3.91. The highest BCUT2D eigenvalue weighted by atomic mass is 35.5. The van der Waals surface area contributed by atoms with Crippen molar-refractivity contribution in [2.45, 2.75) is 57.7 Å². The average molecular weight is 609 g/mol. The van der Waals surface area contributed by atoms with Crippen molar-refractivity contribution in [3.8, 4) is 0 Å². The zero-order chi connectivity index (χ0) is 27.3. The molecule has 1 fully saturated rings. The third kappa shape index (κ3) is 8.14. The molecule has 0 bridgehead atoms. The number of nitrogens with zero attached hydrogens (tertiary/aromatic N) is 2. The van der Waals surface area contributed by atoms with Gasteiger partial charge in [-0.2, -0.15) is 0 Å². The van der Waals surface area contributed by atoms with E-state index < -0.39 is 28.5 Å². The van der Waals surface area contributed by atoms with Gasteiger partial charge in [-0.25, -0.2) is 8.42 Å². The van der Waals surface area contributed by atoms with Crippen LogP contribution in [0.2, 0.25) is 20.1 Å². The van der Waals surface area contributed by atoms with Gasteiger partial charge in [-0.3, -0.25) is 13.9 Å². The summed E-state index contributed by atoms with van der Waals surface area (Å²) < 4.78 is 26.4. The number of rotatable bonds is 10. The van der Waals surface area contributed by atoms with Gasteiger partial charge >= 0.3 is 0 Å². The summed E-state index contributed by atoms with van der Waals surface area (Å²) in [4.78, 5) is 28.5. The zero-order valence-electron chi connectivity index (χ0n) is 20.5. The highest BCUT2D eigenvalue weighted by Gasteiger charge is 2.33. The second kappa shape index (κ2) is 12.9. The fraction of sp³-hybridized carbons (Fsp3) is 0.440. The van der Waals surface area contributed by atoms with Gasteiger partial charge in [0.1, 0.15) is 12.6 Å². The molecule has 1 aliphatic rings. The van der Waals surface area contributed by atoms with Crippen molar-refractivity contribution >= 4 is 73.9 Å². The fourth-order valence-electron chi connectivity index (χ4n) is 4.42. The number of anilines is 1. The number of hydrogen-bond donors (Lipinski definition) is 1. The Kier molecular flexibility index (Phi) is 10.4. The Morgan fingerprint density at radius 3 is 2.16 bits per heavy atom. The van der Waals surface area contributed by atoms with Crippen LogP contribution in [0.5, 0.6) is 0 Å². The Morgan fingerprint density at radius 2 is 1.62 bits per heavy atom. The Hall–Kier alpha value is -1.71. The molecular formula is C25H29Cl4N3O4S. The second-order valence-corrected chi connectivity index (χ2v) is 12.7. The number of carbonyl (C=O) groups excluding carboxylic acids is 2. The smallest absolute Gasteiger partial charge is 0.244 e. The van der Waals surface area contributed by atoms with E-state index in [1.165, 1.54) is 23.1 Å². The van der Waals surface area contributed by atoms with E-state index in [2.05, 4.69) is 5.32 Å². The summed E-state index contributed by atoms with van der Waals surface area (Å²) in [5, 5.41) is 4.25. The molecule has 202 valence electrons. The molecule has 12 heteroatoms. The van der Waals surface area contributed by atoms with Gasteiger partial charge in [0, 0.05) is 32.7 Å². The number of carbonyl (C=O) groups is 2. The van der Waals surface area contributed by atoms with Crippen molar-refractivity contribution in [1.82, 2.24) is 10.2 Å². The van der Waals surface area contributed by atoms with E-state index in [9.17, 15) is 18.0 Å². The molecule has 1 aliphatic carbocycles. The Balaban J connectivity index is 1.97. The van der Waals surface area contributed by atoms with Crippen LogP contribution >= 0.6 is 46.4 Å². The molecule has 3 rings (SSSR count). The number of sulfonamides is 1. The third-order valence-electron chi connectivity index (χ3n) is 6.26. The molecule has 2 aromatic carbocycles. The Bertz CT molecular complexity index is 1230. The predicted octanol–water partition coefficient (Wildman–Crippen LogP) is 5.93. The highest BCUT2D eigenvalue weighted by molar-refractivity contribution is 7.92. The highest BCUT2D eigenvalue weighted by Crippen LogP contribution is 2.28. The van der Waals surface area contributed by atoms with Gasteiger partial charge in [-0.1, -0.05) is 72.2 Å². The van der Waals surface area contributed by atoms with Gasteiger partial charge in [0.05, 0.1) is 11.9 Å². The molecular weight excluding hydrogens is 580 g/mol. The largest absolute Gasteiger partial charge is 0.352 e. The average Bonchev–Trinajstić information content (AvgIpc) is 3.30. The monoisotopic (exact) mass is 607 g/mol. The second-order valence-electron chi connectivity index (χ2n) is 9.07. The predicted molar refractivity (Wildman–Crippen MR) is 150 cm³/mol. The molecule has 1 N–H and O–H groups in total. The maximum Gasteiger partial charge on any atom is 0.244 e. The van der Waals surface area contributed by atoms with Gasteiger partial charge in [0.25, 0.3) is 0 Å². The van der Waals surface area contributed by atoms with Crippen LogP contribution in [0.1, 0.15) is 44.6 Å². The van der Waals surface area contributed by atoms with Crippen LogP contribution in [0.4, 0.5) is 5.69 Å². The first-order chi connectivity index (χ1) is 17.4. The summed E-state index contributed by atoms with van der Waals surface area (Å²) in [5.41, 5.74) is 0.713. The van der Waals surface area contributed by atoms with Gasteiger partial charge in [0.2, 0.25) is 21.8 Å². The molecule has 0 unspecified atom stereocenters. The number of hydrogen-bond acceptors (Lipinski definition) is 4. The number of benzene rings is 2.